The largest absolute Gasteiger partial charge is 0.379 e. The SMILES string of the molecule is Cc1csc(CCCNC(=O)CC[C@H](C)N2CCOCC2)n1. The van der Waals surface area contributed by atoms with Crippen LogP contribution in [0.3, 0.4) is 0 Å². The van der Waals surface area contributed by atoms with Crippen LogP contribution in [-0.2, 0) is 16.0 Å². The minimum absolute atomic E-state index is 0.162. The van der Waals surface area contributed by atoms with Crippen LogP contribution in [0.2, 0.25) is 0 Å². The summed E-state index contributed by atoms with van der Waals surface area (Å²) in [6, 6.07) is 0.452. The molecule has 0 bridgehead atoms. The highest BCUT2D eigenvalue weighted by atomic mass is 32.1. The molecule has 124 valence electrons. The number of carbonyl (C=O) groups excluding carboxylic acids is 1. The molecule has 0 spiro atoms. The van der Waals surface area contributed by atoms with Crippen molar-refractivity contribution in [2.45, 2.75) is 45.6 Å². The number of nitrogens with zero attached hydrogens (tertiary/aromatic N) is 2. The Hall–Kier alpha value is -0.980. The molecule has 0 aromatic carbocycles. The highest BCUT2D eigenvalue weighted by Crippen LogP contribution is 2.11. The number of hydrogen-bond acceptors (Lipinski definition) is 5. The van der Waals surface area contributed by atoms with E-state index < -0.39 is 0 Å². The zero-order valence-electron chi connectivity index (χ0n) is 13.6. The van der Waals surface area contributed by atoms with E-state index in [4.69, 9.17) is 4.74 Å². The number of rotatable bonds is 8. The van der Waals surface area contributed by atoms with Gasteiger partial charge in [-0.15, -0.1) is 11.3 Å². The Morgan fingerprint density at radius 2 is 2.27 bits per heavy atom. The number of morpholine rings is 1. The fourth-order valence-electron chi connectivity index (χ4n) is 2.61. The van der Waals surface area contributed by atoms with E-state index in [0.29, 0.717) is 12.5 Å². The molecule has 22 heavy (non-hydrogen) atoms. The van der Waals surface area contributed by atoms with Crippen molar-refractivity contribution in [3.63, 3.8) is 0 Å². The predicted octanol–water partition coefficient (Wildman–Crippen LogP) is 2.00. The monoisotopic (exact) mass is 325 g/mol. The van der Waals surface area contributed by atoms with Gasteiger partial charge in [-0.2, -0.15) is 0 Å². The number of aromatic nitrogens is 1. The Balaban J connectivity index is 1.53. The molecule has 2 rings (SSSR count). The number of ether oxygens (including phenoxy) is 1. The number of aryl methyl sites for hydroxylation is 2. The Morgan fingerprint density at radius 3 is 2.95 bits per heavy atom. The van der Waals surface area contributed by atoms with Crippen molar-refractivity contribution < 1.29 is 9.53 Å². The average molecular weight is 325 g/mol. The summed E-state index contributed by atoms with van der Waals surface area (Å²) < 4.78 is 5.35. The molecule has 2 heterocycles. The second kappa shape index (κ2) is 9.22. The van der Waals surface area contributed by atoms with Crippen LogP contribution in [0.15, 0.2) is 5.38 Å². The van der Waals surface area contributed by atoms with Crippen LogP contribution < -0.4 is 5.32 Å². The minimum Gasteiger partial charge on any atom is -0.379 e. The van der Waals surface area contributed by atoms with E-state index in [-0.39, 0.29) is 5.91 Å². The molecule has 1 amide bonds. The van der Waals surface area contributed by atoms with Crippen LogP contribution in [0.25, 0.3) is 0 Å². The molecule has 1 aromatic heterocycles. The van der Waals surface area contributed by atoms with Gasteiger partial charge in [0.2, 0.25) is 5.91 Å². The summed E-state index contributed by atoms with van der Waals surface area (Å²) in [4.78, 5) is 18.7. The minimum atomic E-state index is 0.162. The Labute approximate surface area is 137 Å². The maximum absolute atomic E-state index is 11.9. The lowest BCUT2D eigenvalue weighted by Crippen LogP contribution is -2.42. The van der Waals surface area contributed by atoms with Gasteiger partial charge in [0.1, 0.15) is 0 Å². The van der Waals surface area contributed by atoms with Gasteiger partial charge in [-0.05, 0) is 26.7 Å². The van der Waals surface area contributed by atoms with Gasteiger partial charge in [0, 0.05) is 49.6 Å². The van der Waals surface area contributed by atoms with Crippen molar-refractivity contribution in [1.29, 1.82) is 0 Å². The van der Waals surface area contributed by atoms with Crippen molar-refractivity contribution in [3.8, 4) is 0 Å². The first-order chi connectivity index (χ1) is 10.6. The maximum atomic E-state index is 11.9. The number of carbonyl (C=O) groups is 1. The molecule has 1 atom stereocenters. The van der Waals surface area contributed by atoms with E-state index in [0.717, 1.165) is 62.8 Å². The van der Waals surface area contributed by atoms with Crippen molar-refractivity contribution >= 4 is 17.2 Å². The topological polar surface area (TPSA) is 54.5 Å². The molecular weight excluding hydrogens is 298 g/mol. The van der Waals surface area contributed by atoms with E-state index in [1.54, 1.807) is 11.3 Å². The summed E-state index contributed by atoms with van der Waals surface area (Å²) >= 11 is 1.70. The quantitative estimate of drug-likeness (QED) is 0.743. The van der Waals surface area contributed by atoms with Gasteiger partial charge in [0.05, 0.1) is 18.2 Å². The second-order valence-electron chi connectivity index (χ2n) is 5.87. The fraction of sp³-hybridized carbons (Fsp3) is 0.750. The molecule has 1 aromatic rings. The summed E-state index contributed by atoms with van der Waals surface area (Å²) in [6.07, 6.45) is 3.42. The van der Waals surface area contributed by atoms with Crippen molar-refractivity contribution in [1.82, 2.24) is 15.2 Å². The third-order valence-electron chi connectivity index (χ3n) is 4.01. The molecule has 1 N–H and O–H groups in total. The molecule has 5 nitrogen and oxygen atoms in total. The first-order valence-corrected chi connectivity index (χ1v) is 9.02. The average Bonchev–Trinajstić information content (AvgIpc) is 2.95. The first kappa shape index (κ1) is 17.4. The Bertz CT molecular complexity index is 458. The van der Waals surface area contributed by atoms with Crippen LogP contribution in [0, 0.1) is 6.92 Å². The van der Waals surface area contributed by atoms with E-state index in [1.165, 1.54) is 0 Å². The van der Waals surface area contributed by atoms with Gasteiger partial charge in [-0.1, -0.05) is 0 Å². The number of nitrogens with one attached hydrogen (secondary N) is 1. The molecular formula is C16H27N3O2S. The van der Waals surface area contributed by atoms with Crippen LogP contribution >= 0.6 is 11.3 Å². The molecule has 6 heteroatoms. The zero-order chi connectivity index (χ0) is 15.8. The highest BCUT2D eigenvalue weighted by Gasteiger charge is 2.17. The van der Waals surface area contributed by atoms with Gasteiger partial charge < -0.3 is 10.1 Å². The highest BCUT2D eigenvalue weighted by molar-refractivity contribution is 7.09. The van der Waals surface area contributed by atoms with Gasteiger partial charge in [0.25, 0.3) is 0 Å². The van der Waals surface area contributed by atoms with Crippen LogP contribution in [0.4, 0.5) is 0 Å². The van der Waals surface area contributed by atoms with Gasteiger partial charge >= 0.3 is 0 Å². The van der Waals surface area contributed by atoms with Crippen molar-refractivity contribution in [2.75, 3.05) is 32.8 Å². The maximum Gasteiger partial charge on any atom is 0.220 e. The second-order valence-corrected chi connectivity index (χ2v) is 6.81. The molecule has 0 aliphatic carbocycles. The standard InChI is InChI=1S/C16H27N3O2S/c1-13-12-22-16(18-13)4-3-7-17-15(20)6-5-14(2)19-8-10-21-11-9-19/h12,14H,3-11H2,1-2H3,(H,17,20)/t14-/m0/s1. The lowest BCUT2D eigenvalue weighted by molar-refractivity contribution is -0.121. The van der Waals surface area contributed by atoms with Crippen molar-refractivity contribution in [2.24, 2.45) is 0 Å². The van der Waals surface area contributed by atoms with E-state index >= 15 is 0 Å². The summed E-state index contributed by atoms with van der Waals surface area (Å²) in [5.41, 5.74) is 1.08. The van der Waals surface area contributed by atoms with Crippen LogP contribution in [0.1, 0.15) is 36.9 Å². The molecule has 1 aliphatic heterocycles. The van der Waals surface area contributed by atoms with E-state index in [1.807, 2.05) is 6.92 Å². The van der Waals surface area contributed by atoms with Crippen LogP contribution in [-0.4, -0.2) is 54.7 Å². The number of thiazole rings is 1. The lowest BCUT2D eigenvalue weighted by Gasteiger charge is -2.32. The number of hydrogen-bond donors (Lipinski definition) is 1. The summed E-state index contributed by atoms with van der Waals surface area (Å²) in [7, 11) is 0. The van der Waals surface area contributed by atoms with Crippen molar-refractivity contribution in [3.05, 3.63) is 16.1 Å². The summed E-state index contributed by atoms with van der Waals surface area (Å²) in [6.45, 7) is 8.54. The Morgan fingerprint density at radius 1 is 1.50 bits per heavy atom. The fourth-order valence-corrected chi connectivity index (χ4v) is 3.43. The molecule has 0 saturated carbocycles. The van der Waals surface area contributed by atoms with Gasteiger partial charge in [-0.25, -0.2) is 4.98 Å². The molecule has 0 radical (unpaired) electrons. The molecule has 0 unspecified atom stereocenters. The summed E-state index contributed by atoms with van der Waals surface area (Å²) in [5, 5.41) is 6.24. The molecule has 1 fully saturated rings. The summed E-state index contributed by atoms with van der Waals surface area (Å²) in [5.74, 6) is 0.162. The van der Waals surface area contributed by atoms with Gasteiger partial charge in [-0.3, -0.25) is 9.69 Å². The smallest absolute Gasteiger partial charge is 0.220 e. The Kier molecular flexibility index (Phi) is 7.29. The third kappa shape index (κ3) is 6.02. The van der Waals surface area contributed by atoms with E-state index in [2.05, 4.69) is 27.5 Å². The molecule has 1 saturated heterocycles. The normalized spacial score (nSPS) is 17.4. The van der Waals surface area contributed by atoms with Gasteiger partial charge in [0.15, 0.2) is 0 Å². The number of amides is 1. The van der Waals surface area contributed by atoms with Crippen LogP contribution in [0.5, 0.6) is 0 Å². The zero-order valence-corrected chi connectivity index (χ0v) is 14.5. The van der Waals surface area contributed by atoms with E-state index in [9.17, 15) is 4.79 Å². The first-order valence-electron chi connectivity index (χ1n) is 8.14. The predicted molar refractivity (Wildman–Crippen MR) is 89.3 cm³/mol. The molecule has 1 aliphatic rings. The third-order valence-corrected chi connectivity index (χ3v) is 5.04. The lowest BCUT2D eigenvalue weighted by atomic mass is 10.1.